The molecule has 1 N–H and O–H groups in total. The van der Waals surface area contributed by atoms with E-state index in [0.717, 1.165) is 5.56 Å². The van der Waals surface area contributed by atoms with Gasteiger partial charge in [0.05, 0.1) is 21.3 Å². The Balaban J connectivity index is 1.81. The minimum absolute atomic E-state index is 0.224. The molecule has 0 spiro atoms. The molecule has 0 aliphatic carbocycles. The van der Waals surface area contributed by atoms with Gasteiger partial charge in [-0.2, -0.15) is 0 Å². The van der Waals surface area contributed by atoms with Crippen molar-refractivity contribution in [1.82, 2.24) is 5.32 Å². The molecule has 138 valence electrons. The molecule has 7 heteroatoms. The lowest BCUT2D eigenvalue weighted by Crippen LogP contribution is -2.30. The summed E-state index contributed by atoms with van der Waals surface area (Å²) >= 11 is 5.82. The van der Waals surface area contributed by atoms with Crippen LogP contribution in [0.15, 0.2) is 53.4 Å². The van der Waals surface area contributed by atoms with Crippen LogP contribution in [-0.4, -0.2) is 35.0 Å². The SMILES string of the molecule is CC[S@@](=O)c1ccccc1C(=O)OCC(=O)NCCc1ccc(Cl)cc1. The van der Waals surface area contributed by atoms with Gasteiger partial charge in [0.15, 0.2) is 6.61 Å². The molecule has 2 rings (SSSR count). The smallest absolute Gasteiger partial charge is 0.339 e. The van der Waals surface area contributed by atoms with Crippen LogP contribution in [0, 0.1) is 0 Å². The number of carbonyl (C=O) groups excluding carboxylic acids is 2. The Labute approximate surface area is 160 Å². The van der Waals surface area contributed by atoms with Crippen LogP contribution in [0.25, 0.3) is 0 Å². The fourth-order valence-electron chi connectivity index (χ4n) is 2.25. The molecular weight excluding hydrogens is 374 g/mol. The highest BCUT2D eigenvalue weighted by Gasteiger charge is 2.17. The molecule has 0 radical (unpaired) electrons. The topological polar surface area (TPSA) is 72.5 Å². The van der Waals surface area contributed by atoms with Gasteiger partial charge in [-0.25, -0.2) is 4.79 Å². The number of hydrogen-bond acceptors (Lipinski definition) is 4. The molecule has 0 aliphatic rings. The van der Waals surface area contributed by atoms with Crippen LogP contribution in [0.1, 0.15) is 22.8 Å². The Morgan fingerprint density at radius 3 is 2.50 bits per heavy atom. The van der Waals surface area contributed by atoms with E-state index in [4.69, 9.17) is 16.3 Å². The van der Waals surface area contributed by atoms with E-state index in [0.29, 0.717) is 28.6 Å². The van der Waals surface area contributed by atoms with E-state index in [2.05, 4.69) is 5.32 Å². The molecule has 0 saturated carbocycles. The molecular formula is C19H20ClNO4S. The first-order chi connectivity index (χ1) is 12.5. The summed E-state index contributed by atoms with van der Waals surface area (Å²) in [5.74, 6) is -0.646. The van der Waals surface area contributed by atoms with Crippen LogP contribution < -0.4 is 5.32 Å². The van der Waals surface area contributed by atoms with Gasteiger partial charge in [0.1, 0.15) is 0 Å². The van der Waals surface area contributed by atoms with Crippen molar-refractivity contribution in [3.05, 3.63) is 64.7 Å². The molecule has 0 aromatic heterocycles. The lowest BCUT2D eigenvalue weighted by atomic mass is 10.1. The summed E-state index contributed by atoms with van der Waals surface area (Å²) < 4.78 is 17.0. The lowest BCUT2D eigenvalue weighted by molar-refractivity contribution is -0.124. The molecule has 0 heterocycles. The molecule has 0 aliphatic heterocycles. The highest BCUT2D eigenvalue weighted by molar-refractivity contribution is 7.85. The monoisotopic (exact) mass is 393 g/mol. The number of halogens is 1. The summed E-state index contributed by atoms with van der Waals surface area (Å²) in [7, 11) is -1.28. The second-order valence-corrected chi connectivity index (χ2v) is 7.58. The van der Waals surface area contributed by atoms with Gasteiger partial charge in [0.25, 0.3) is 5.91 Å². The Morgan fingerprint density at radius 1 is 1.12 bits per heavy atom. The van der Waals surface area contributed by atoms with Crippen molar-refractivity contribution in [3.63, 3.8) is 0 Å². The van der Waals surface area contributed by atoms with Gasteiger partial charge in [-0.05, 0) is 36.2 Å². The third-order valence-corrected chi connectivity index (χ3v) is 5.22. The number of nitrogens with one attached hydrogen (secondary N) is 1. The molecule has 2 aromatic carbocycles. The van der Waals surface area contributed by atoms with Crippen molar-refractivity contribution < 1.29 is 18.5 Å². The molecule has 2 aromatic rings. The largest absolute Gasteiger partial charge is 0.452 e. The average Bonchev–Trinajstić information content (AvgIpc) is 2.67. The van der Waals surface area contributed by atoms with Crippen molar-refractivity contribution in [2.45, 2.75) is 18.2 Å². The second-order valence-electron chi connectivity index (χ2n) is 5.43. The van der Waals surface area contributed by atoms with Crippen molar-refractivity contribution in [3.8, 4) is 0 Å². The zero-order chi connectivity index (χ0) is 18.9. The van der Waals surface area contributed by atoms with Gasteiger partial charge in [0, 0.05) is 17.3 Å². The Bertz CT molecular complexity index is 792. The first kappa shape index (κ1) is 20.1. The fraction of sp³-hybridized carbons (Fsp3) is 0.263. The zero-order valence-electron chi connectivity index (χ0n) is 14.4. The number of rotatable bonds is 8. The number of hydrogen-bond donors (Lipinski definition) is 1. The molecule has 5 nitrogen and oxygen atoms in total. The van der Waals surface area contributed by atoms with Crippen molar-refractivity contribution in [2.24, 2.45) is 0 Å². The van der Waals surface area contributed by atoms with E-state index in [-0.39, 0.29) is 18.1 Å². The maximum Gasteiger partial charge on any atom is 0.339 e. The van der Waals surface area contributed by atoms with Gasteiger partial charge < -0.3 is 10.1 Å². The van der Waals surface area contributed by atoms with Crippen LogP contribution >= 0.6 is 11.6 Å². The Morgan fingerprint density at radius 2 is 1.81 bits per heavy atom. The summed E-state index contributed by atoms with van der Waals surface area (Å²) in [5.41, 5.74) is 1.27. The Kier molecular flexibility index (Phi) is 7.81. The second kappa shape index (κ2) is 10.1. The first-order valence-corrected chi connectivity index (χ1v) is 9.86. The molecule has 26 heavy (non-hydrogen) atoms. The fourth-order valence-corrected chi connectivity index (χ4v) is 3.31. The van der Waals surface area contributed by atoms with Crippen LogP contribution in [0.5, 0.6) is 0 Å². The predicted octanol–water partition coefficient (Wildman–Crippen LogP) is 2.98. The minimum Gasteiger partial charge on any atom is -0.452 e. The van der Waals surface area contributed by atoms with Crippen molar-refractivity contribution in [1.29, 1.82) is 0 Å². The van der Waals surface area contributed by atoms with E-state index in [9.17, 15) is 13.8 Å². The molecule has 0 bridgehead atoms. The normalized spacial score (nSPS) is 11.6. The van der Waals surface area contributed by atoms with E-state index in [1.54, 1.807) is 43.3 Å². The molecule has 0 fully saturated rings. The van der Waals surface area contributed by atoms with Gasteiger partial charge in [-0.3, -0.25) is 9.00 Å². The third-order valence-electron chi connectivity index (χ3n) is 3.60. The summed E-state index contributed by atoms with van der Waals surface area (Å²) in [6.07, 6.45) is 0.648. The molecule has 1 atom stereocenters. The molecule has 0 unspecified atom stereocenters. The quantitative estimate of drug-likeness (QED) is 0.700. The summed E-state index contributed by atoms with van der Waals surface area (Å²) in [6, 6.07) is 13.9. The lowest BCUT2D eigenvalue weighted by Gasteiger charge is -2.09. The van der Waals surface area contributed by atoms with Gasteiger partial charge in [-0.1, -0.05) is 42.8 Å². The van der Waals surface area contributed by atoms with Crippen LogP contribution in [0.4, 0.5) is 0 Å². The van der Waals surface area contributed by atoms with Crippen LogP contribution in [0.2, 0.25) is 5.02 Å². The average molecular weight is 394 g/mol. The van der Waals surface area contributed by atoms with Crippen LogP contribution in [0.3, 0.4) is 0 Å². The highest BCUT2D eigenvalue weighted by Crippen LogP contribution is 2.15. The number of ether oxygens (including phenoxy) is 1. The first-order valence-electron chi connectivity index (χ1n) is 8.17. The van der Waals surface area contributed by atoms with E-state index in [1.807, 2.05) is 12.1 Å². The van der Waals surface area contributed by atoms with E-state index >= 15 is 0 Å². The standard InChI is InChI=1S/C19H20ClNO4S/c1-2-26(24)17-6-4-3-5-16(17)19(23)25-13-18(22)21-12-11-14-7-9-15(20)10-8-14/h3-10H,2,11-13H2,1H3,(H,21,22)/t26-/m1/s1. The predicted molar refractivity (Wildman–Crippen MR) is 102 cm³/mol. The summed E-state index contributed by atoms with van der Waals surface area (Å²) in [4.78, 5) is 24.4. The third kappa shape index (κ3) is 5.97. The zero-order valence-corrected chi connectivity index (χ0v) is 15.9. The maximum absolute atomic E-state index is 12.2. The Hall–Kier alpha value is -2.18. The summed E-state index contributed by atoms with van der Waals surface area (Å²) in [5, 5.41) is 3.35. The number of amides is 1. The maximum atomic E-state index is 12.2. The minimum atomic E-state index is -1.28. The number of carbonyl (C=O) groups is 2. The van der Waals surface area contributed by atoms with E-state index in [1.165, 1.54) is 0 Å². The van der Waals surface area contributed by atoms with Gasteiger partial charge in [-0.15, -0.1) is 0 Å². The highest BCUT2D eigenvalue weighted by atomic mass is 35.5. The van der Waals surface area contributed by atoms with Gasteiger partial charge >= 0.3 is 5.97 Å². The number of benzene rings is 2. The van der Waals surface area contributed by atoms with Crippen molar-refractivity contribution >= 4 is 34.3 Å². The summed E-state index contributed by atoms with van der Waals surface area (Å²) in [6.45, 7) is 1.81. The van der Waals surface area contributed by atoms with Gasteiger partial charge in [0.2, 0.25) is 0 Å². The molecule has 1 amide bonds. The van der Waals surface area contributed by atoms with E-state index < -0.39 is 16.8 Å². The van der Waals surface area contributed by atoms with Crippen molar-refractivity contribution in [2.75, 3.05) is 18.9 Å². The molecule has 0 saturated heterocycles. The number of esters is 1. The van der Waals surface area contributed by atoms with Crippen LogP contribution in [-0.2, 0) is 26.8 Å².